The molecule has 1 aliphatic heterocycles. The van der Waals surface area contributed by atoms with Crippen LogP contribution in [0.3, 0.4) is 0 Å². The molecule has 2 aromatic rings. The topological polar surface area (TPSA) is 34.0 Å². The van der Waals surface area contributed by atoms with Crippen LogP contribution in [0.1, 0.15) is 0 Å². The summed E-state index contributed by atoms with van der Waals surface area (Å²) in [6, 6.07) is 11.4. The molecule has 0 atom stereocenters. The van der Waals surface area contributed by atoms with Gasteiger partial charge in [-0.05, 0) is 12.1 Å². The van der Waals surface area contributed by atoms with Gasteiger partial charge in [0.05, 0.1) is 33.2 Å². The summed E-state index contributed by atoms with van der Waals surface area (Å²) in [5, 5.41) is 2.57. The number of rotatable bonds is 3. The first-order valence-electron chi connectivity index (χ1n) is 7.54. The molecule has 1 N–H and O–H groups in total. The maximum atomic E-state index is 12.2. The molecule has 0 spiro atoms. The normalized spacial score (nSPS) is 16.0. The Kier molecular flexibility index (Phi) is 4.50. The van der Waals surface area contributed by atoms with Crippen LogP contribution >= 0.6 is 11.6 Å². The summed E-state index contributed by atoms with van der Waals surface area (Å²) in [7, 11) is 2.15. The molecule has 0 radical (unpaired) electrons. The van der Waals surface area contributed by atoms with Crippen LogP contribution in [0.15, 0.2) is 36.4 Å². The van der Waals surface area contributed by atoms with E-state index in [0.29, 0.717) is 10.8 Å². The smallest absolute Gasteiger partial charge is 0.260 e. The van der Waals surface area contributed by atoms with Gasteiger partial charge in [0.2, 0.25) is 0 Å². The molecule has 2 aromatic carbocycles. The first-order chi connectivity index (χ1) is 10.6. The van der Waals surface area contributed by atoms with Crippen molar-refractivity contribution >= 4 is 28.3 Å². The molecule has 1 heterocycles. The lowest BCUT2D eigenvalue weighted by molar-refractivity contribution is -0.883. The second-order valence-electron chi connectivity index (χ2n) is 5.72. The van der Waals surface area contributed by atoms with E-state index in [0.717, 1.165) is 37.0 Å². The fourth-order valence-corrected chi connectivity index (χ4v) is 2.96. The van der Waals surface area contributed by atoms with Crippen LogP contribution in [0, 0.1) is 0 Å². The van der Waals surface area contributed by atoms with Crippen molar-refractivity contribution in [1.29, 1.82) is 0 Å². The molecular formula is C17H20ClN2O2+. The van der Waals surface area contributed by atoms with E-state index in [4.69, 9.17) is 16.3 Å². The highest BCUT2D eigenvalue weighted by Gasteiger charge is 2.21. The van der Waals surface area contributed by atoms with Crippen molar-refractivity contribution < 1.29 is 14.4 Å². The molecule has 3 rings (SSSR count). The van der Waals surface area contributed by atoms with E-state index in [1.54, 1.807) is 0 Å². The number of carbonyl (C=O) groups is 1. The Bertz CT molecular complexity index is 681. The fourth-order valence-electron chi connectivity index (χ4n) is 2.73. The van der Waals surface area contributed by atoms with E-state index < -0.39 is 0 Å². The molecule has 1 amide bonds. The molecule has 0 saturated carbocycles. The van der Waals surface area contributed by atoms with Crippen molar-refractivity contribution in [2.75, 3.05) is 39.8 Å². The lowest BCUT2D eigenvalue weighted by Gasteiger charge is -2.30. The largest absolute Gasteiger partial charge is 0.483 e. The molecule has 0 aromatic heterocycles. The van der Waals surface area contributed by atoms with E-state index in [2.05, 4.69) is 7.05 Å². The summed E-state index contributed by atoms with van der Waals surface area (Å²) < 4.78 is 5.76. The van der Waals surface area contributed by atoms with E-state index in [-0.39, 0.29) is 12.5 Å². The first kappa shape index (κ1) is 15.1. The maximum Gasteiger partial charge on any atom is 0.260 e. The summed E-state index contributed by atoms with van der Waals surface area (Å²) in [5.74, 6) is 0.750. The standard InChI is InChI=1S/C17H19ClN2O2/c1-19-8-10-20(11-9-19)17(21)12-22-16-7-6-15(18)13-4-2-3-5-14(13)16/h2-7H,8-12H2,1H3/p+1. The molecule has 0 aliphatic carbocycles. The molecule has 5 heteroatoms. The highest BCUT2D eigenvalue weighted by molar-refractivity contribution is 6.35. The number of nitrogens with zero attached hydrogens (tertiary/aromatic N) is 1. The maximum absolute atomic E-state index is 12.2. The Labute approximate surface area is 135 Å². The minimum atomic E-state index is 0.0477. The van der Waals surface area contributed by atoms with Gasteiger partial charge in [-0.2, -0.15) is 0 Å². The minimum absolute atomic E-state index is 0.0477. The van der Waals surface area contributed by atoms with E-state index in [1.807, 2.05) is 41.3 Å². The number of hydrogen-bond acceptors (Lipinski definition) is 2. The number of ether oxygens (including phenoxy) is 1. The van der Waals surface area contributed by atoms with Crippen LogP contribution < -0.4 is 9.64 Å². The average molecular weight is 320 g/mol. The molecule has 22 heavy (non-hydrogen) atoms. The van der Waals surface area contributed by atoms with Crippen LogP contribution in [0.25, 0.3) is 10.8 Å². The van der Waals surface area contributed by atoms with Gasteiger partial charge in [0, 0.05) is 15.8 Å². The third-order valence-electron chi connectivity index (χ3n) is 4.15. The van der Waals surface area contributed by atoms with E-state index in [9.17, 15) is 4.79 Å². The Hall–Kier alpha value is -1.78. The van der Waals surface area contributed by atoms with Crippen LogP contribution in [0.4, 0.5) is 0 Å². The third-order valence-corrected chi connectivity index (χ3v) is 4.48. The van der Waals surface area contributed by atoms with Gasteiger partial charge in [-0.25, -0.2) is 0 Å². The zero-order valence-electron chi connectivity index (χ0n) is 12.6. The van der Waals surface area contributed by atoms with Crippen LogP contribution in [-0.2, 0) is 4.79 Å². The predicted molar refractivity (Wildman–Crippen MR) is 87.7 cm³/mol. The Morgan fingerprint density at radius 3 is 2.59 bits per heavy atom. The lowest BCUT2D eigenvalue weighted by Crippen LogP contribution is -3.12. The van der Waals surface area contributed by atoms with Crippen molar-refractivity contribution in [2.24, 2.45) is 0 Å². The zero-order chi connectivity index (χ0) is 15.5. The van der Waals surface area contributed by atoms with Gasteiger partial charge in [-0.15, -0.1) is 0 Å². The van der Waals surface area contributed by atoms with Gasteiger partial charge >= 0.3 is 0 Å². The third kappa shape index (κ3) is 3.18. The average Bonchev–Trinajstić information content (AvgIpc) is 2.55. The molecule has 1 saturated heterocycles. The predicted octanol–water partition coefficient (Wildman–Crippen LogP) is 1.23. The van der Waals surface area contributed by atoms with Gasteiger partial charge < -0.3 is 14.5 Å². The van der Waals surface area contributed by atoms with Crippen LogP contribution in [0.2, 0.25) is 5.02 Å². The van der Waals surface area contributed by atoms with Gasteiger partial charge in [-0.1, -0.05) is 35.9 Å². The monoisotopic (exact) mass is 319 g/mol. The van der Waals surface area contributed by atoms with Gasteiger partial charge in [0.25, 0.3) is 5.91 Å². The van der Waals surface area contributed by atoms with Crippen molar-refractivity contribution in [3.63, 3.8) is 0 Å². The first-order valence-corrected chi connectivity index (χ1v) is 7.92. The van der Waals surface area contributed by atoms with Crippen LogP contribution in [0.5, 0.6) is 5.75 Å². The Morgan fingerprint density at radius 2 is 1.86 bits per heavy atom. The molecule has 0 bridgehead atoms. The van der Waals surface area contributed by atoms with Crippen molar-refractivity contribution in [2.45, 2.75) is 0 Å². The molecule has 0 unspecified atom stereocenters. The second kappa shape index (κ2) is 6.55. The number of nitrogens with one attached hydrogen (secondary N) is 1. The summed E-state index contributed by atoms with van der Waals surface area (Å²) >= 11 is 6.19. The van der Waals surface area contributed by atoms with Gasteiger partial charge in [0.1, 0.15) is 5.75 Å². The number of amides is 1. The molecular weight excluding hydrogens is 300 g/mol. The van der Waals surface area contributed by atoms with Crippen LogP contribution in [-0.4, -0.2) is 50.6 Å². The van der Waals surface area contributed by atoms with Gasteiger partial charge in [0.15, 0.2) is 6.61 Å². The number of benzene rings is 2. The number of quaternary nitrogens is 1. The molecule has 1 fully saturated rings. The number of piperazine rings is 1. The SMILES string of the molecule is C[NH+]1CCN(C(=O)COc2ccc(Cl)c3ccccc23)CC1. The van der Waals surface area contributed by atoms with Crippen molar-refractivity contribution in [3.8, 4) is 5.75 Å². The second-order valence-corrected chi connectivity index (χ2v) is 6.12. The Balaban J connectivity index is 1.69. The highest BCUT2D eigenvalue weighted by atomic mass is 35.5. The summed E-state index contributed by atoms with van der Waals surface area (Å²) in [6.07, 6.45) is 0. The summed E-state index contributed by atoms with van der Waals surface area (Å²) in [5.41, 5.74) is 0. The summed E-state index contributed by atoms with van der Waals surface area (Å²) in [4.78, 5) is 15.6. The van der Waals surface area contributed by atoms with E-state index >= 15 is 0 Å². The number of halogens is 1. The molecule has 4 nitrogen and oxygen atoms in total. The zero-order valence-corrected chi connectivity index (χ0v) is 13.4. The number of hydrogen-bond donors (Lipinski definition) is 1. The van der Waals surface area contributed by atoms with Crippen molar-refractivity contribution in [1.82, 2.24) is 4.90 Å². The van der Waals surface area contributed by atoms with Gasteiger partial charge in [-0.3, -0.25) is 4.79 Å². The Morgan fingerprint density at radius 1 is 1.18 bits per heavy atom. The molecule has 1 aliphatic rings. The fraction of sp³-hybridized carbons (Fsp3) is 0.353. The molecule has 116 valence electrons. The summed E-state index contributed by atoms with van der Waals surface area (Å²) in [6.45, 7) is 3.67. The quantitative estimate of drug-likeness (QED) is 0.923. The number of fused-ring (bicyclic) bond motifs is 1. The van der Waals surface area contributed by atoms with Crippen molar-refractivity contribution in [3.05, 3.63) is 41.4 Å². The minimum Gasteiger partial charge on any atom is -0.483 e. The lowest BCUT2D eigenvalue weighted by atomic mass is 10.1. The number of carbonyl (C=O) groups excluding carboxylic acids is 1. The highest BCUT2D eigenvalue weighted by Crippen LogP contribution is 2.31. The number of likely N-dealkylation sites (N-methyl/N-ethyl adjacent to an activating group) is 1. The van der Waals surface area contributed by atoms with E-state index in [1.165, 1.54) is 4.90 Å².